The van der Waals surface area contributed by atoms with E-state index in [2.05, 4.69) is 0 Å². The molecular formula is C32H29NO5. The number of benzene rings is 4. The minimum absolute atomic E-state index is 0.0420. The number of aliphatic carboxylic acids is 1. The Bertz CT molecular complexity index is 1700. The Morgan fingerprint density at radius 3 is 2.21 bits per heavy atom. The summed E-state index contributed by atoms with van der Waals surface area (Å²) in [5.74, 6) is -2.65. The van der Waals surface area contributed by atoms with E-state index in [0.29, 0.717) is 16.7 Å². The molecule has 0 aliphatic carbocycles. The third-order valence-corrected chi connectivity index (χ3v) is 6.49. The summed E-state index contributed by atoms with van der Waals surface area (Å²) in [5, 5.41) is 10.3. The van der Waals surface area contributed by atoms with Gasteiger partial charge >= 0.3 is 5.97 Å². The number of carboxylic acids is 1. The van der Waals surface area contributed by atoms with Crippen LogP contribution >= 0.6 is 0 Å². The van der Waals surface area contributed by atoms with Gasteiger partial charge in [-0.2, -0.15) is 0 Å². The maximum Gasteiger partial charge on any atom is 0.326 e. The molecule has 0 radical (unpaired) electrons. The zero-order valence-corrected chi connectivity index (χ0v) is 20.5. The number of nitrogens with zero attached hydrogens (tertiary/aromatic N) is 1. The summed E-state index contributed by atoms with van der Waals surface area (Å²) in [6.45, 7) is -3.09. The summed E-state index contributed by atoms with van der Waals surface area (Å²) in [5.41, 5.74) is 1.40. The predicted octanol–water partition coefficient (Wildman–Crippen LogP) is 5.44. The first-order valence-electron chi connectivity index (χ1n) is 15.5. The molecule has 0 spiro atoms. The maximum absolute atomic E-state index is 14.3. The highest BCUT2D eigenvalue weighted by Gasteiger charge is 2.40. The van der Waals surface area contributed by atoms with E-state index in [-0.39, 0.29) is 30.0 Å². The number of methoxy groups -OCH3 is 1. The number of carboxylic acid groups (broad SMARTS) is 1. The Kier molecular flexibility index (Phi) is 5.25. The van der Waals surface area contributed by atoms with Crippen LogP contribution in [0.1, 0.15) is 43.3 Å². The van der Waals surface area contributed by atoms with Crippen molar-refractivity contribution in [1.82, 2.24) is 4.90 Å². The third kappa shape index (κ3) is 5.11. The van der Waals surface area contributed by atoms with Gasteiger partial charge in [0.05, 0.1) is 22.6 Å². The lowest BCUT2D eigenvalue weighted by Crippen LogP contribution is -2.50. The molecule has 0 saturated carbocycles. The number of amides is 1. The first-order chi connectivity index (χ1) is 21.4. The van der Waals surface area contributed by atoms with Crippen molar-refractivity contribution >= 4 is 11.9 Å². The normalized spacial score (nSPS) is 17.6. The SMILES string of the molecule is [2H]c1c([2H])c([2H])c(C([2H])([2H])Oc2c(OC)ccc3c2C[C@@H](C(=O)O)N(C(=O)C(c2ccccc2)c2ccccc2)C3)c([2H])c1[2H]. The van der Waals surface area contributed by atoms with Crippen LogP contribution in [0.5, 0.6) is 11.5 Å². The maximum atomic E-state index is 14.3. The van der Waals surface area contributed by atoms with Gasteiger partial charge in [-0.25, -0.2) is 4.79 Å². The Labute approximate surface area is 231 Å². The Hall–Kier alpha value is -4.58. The second-order valence-electron chi connectivity index (χ2n) is 8.72. The van der Waals surface area contributed by atoms with Crippen LogP contribution in [0.25, 0.3) is 0 Å². The number of hydrogen-bond donors (Lipinski definition) is 1. The predicted molar refractivity (Wildman–Crippen MR) is 144 cm³/mol. The van der Waals surface area contributed by atoms with Gasteiger partial charge in [0.2, 0.25) is 5.91 Å². The molecule has 1 aliphatic rings. The summed E-state index contributed by atoms with van der Waals surface area (Å²) in [6.07, 6.45) is -0.268. The van der Waals surface area contributed by atoms with Gasteiger partial charge in [-0.05, 0) is 28.3 Å². The quantitative estimate of drug-likeness (QED) is 0.339. The largest absolute Gasteiger partial charge is 0.493 e. The Morgan fingerprint density at radius 2 is 1.63 bits per heavy atom. The highest BCUT2D eigenvalue weighted by atomic mass is 16.5. The van der Waals surface area contributed by atoms with Gasteiger partial charge in [-0.3, -0.25) is 4.79 Å². The van der Waals surface area contributed by atoms with Crippen molar-refractivity contribution in [3.8, 4) is 11.5 Å². The molecule has 0 bridgehead atoms. The van der Waals surface area contributed by atoms with Crippen molar-refractivity contribution in [2.24, 2.45) is 0 Å². The lowest BCUT2D eigenvalue weighted by atomic mass is 9.87. The first kappa shape index (κ1) is 17.8. The number of carbonyl (C=O) groups is 2. The molecule has 0 aromatic heterocycles. The molecule has 1 aliphatic heterocycles. The van der Waals surface area contributed by atoms with E-state index < -0.39 is 66.2 Å². The average Bonchev–Trinajstić information content (AvgIpc) is 3.03. The molecule has 1 atom stereocenters. The molecule has 0 unspecified atom stereocenters. The second kappa shape index (κ2) is 11.2. The molecule has 0 saturated heterocycles. The van der Waals surface area contributed by atoms with E-state index in [0.717, 1.165) is 0 Å². The summed E-state index contributed by atoms with van der Waals surface area (Å²) < 4.78 is 68.8. The van der Waals surface area contributed by atoms with E-state index in [9.17, 15) is 14.7 Å². The van der Waals surface area contributed by atoms with E-state index in [1.165, 1.54) is 18.1 Å². The molecule has 4 aromatic carbocycles. The minimum Gasteiger partial charge on any atom is -0.493 e. The molecular weight excluding hydrogens is 478 g/mol. The van der Waals surface area contributed by atoms with Crippen molar-refractivity contribution in [3.05, 3.63) is 131 Å². The van der Waals surface area contributed by atoms with E-state index >= 15 is 0 Å². The number of hydrogen-bond acceptors (Lipinski definition) is 4. The van der Waals surface area contributed by atoms with Crippen molar-refractivity contribution in [2.45, 2.75) is 31.5 Å². The molecule has 4 aromatic rings. The van der Waals surface area contributed by atoms with Gasteiger partial charge < -0.3 is 19.5 Å². The summed E-state index contributed by atoms with van der Waals surface area (Å²) in [7, 11) is 1.31. The average molecular weight is 515 g/mol. The Morgan fingerprint density at radius 1 is 1.00 bits per heavy atom. The molecule has 5 rings (SSSR count). The molecule has 6 heteroatoms. The molecule has 192 valence electrons. The standard InChI is InChI=1S/C32H29NO5/c1-37-28-18-17-25-20-33(31(34)29(23-13-7-3-8-14-23)24-15-9-4-10-16-24)27(32(35)36)19-26(25)30(28)38-21-22-11-5-2-6-12-22/h2-18,27,29H,19-21H2,1H3,(H,35,36)/t27-/m0/s1/i2D,5D,6D,11D,12D,21D2. The molecule has 6 nitrogen and oxygen atoms in total. The van der Waals surface area contributed by atoms with Gasteiger partial charge in [0, 0.05) is 18.5 Å². The van der Waals surface area contributed by atoms with E-state index in [1.807, 2.05) is 12.1 Å². The molecule has 1 heterocycles. The van der Waals surface area contributed by atoms with Crippen LogP contribution in [0.3, 0.4) is 0 Å². The van der Waals surface area contributed by atoms with Gasteiger partial charge in [0.15, 0.2) is 11.5 Å². The Balaban J connectivity index is 1.59. The zero-order chi connectivity index (χ0) is 32.6. The lowest BCUT2D eigenvalue weighted by molar-refractivity contribution is -0.151. The fourth-order valence-electron chi connectivity index (χ4n) is 4.68. The number of rotatable bonds is 8. The topological polar surface area (TPSA) is 76.1 Å². The van der Waals surface area contributed by atoms with Crippen molar-refractivity contribution < 1.29 is 33.8 Å². The lowest BCUT2D eigenvalue weighted by Gasteiger charge is -2.37. The second-order valence-corrected chi connectivity index (χ2v) is 8.72. The number of carbonyl (C=O) groups excluding carboxylic acids is 1. The van der Waals surface area contributed by atoms with Crippen LogP contribution in [0.15, 0.2) is 103 Å². The van der Waals surface area contributed by atoms with Crippen molar-refractivity contribution in [2.75, 3.05) is 7.11 Å². The summed E-state index contributed by atoms with van der Waals surface area (Å²) in [6, 6.07) is 16.2. The highest BCUT2D eigenvalue weighted by molar-refractivity contribution is 5.91. The van der Waals surface area contributed by atoms with Gasteiger partial charge in [-0.1, -0.05) is 96.9 Å². The fourth-order valence-corrected chi connectivity index (χ4v) is 4.68. The van der Waals surface area contributed by atoms with Crippen LogP contribution in [-0.2, 0) is 29.1 Å². The van der Waals surface area contributed by atoms with Crippen LogP contribution in [0.4, 0.5) is 0 Å². The number of fused-ring (bicyclic) bond motifs is 1. The minimum atomic E-state index is -2.95. The van der Waals surface area contributed by atoms with E-state index in [1.54, 1.807) is 54.6 Å². The molecule has 1 N–H and O–H groups in total. The van der Waals surface area contributed by atoms with Gasteiger partial charge in [0.25, 0.3) is 0 Å². The highest BCUT2D eigenvalue weighted by Crippen LogP contribution is 2.40. The van der Waals surface area contributed by atoms with Crippen molar-refractivity contribution in [1.29, 1.82) is 0 Å². The summed E-state index contributed by atoms with van der Waals surface area (Å²) >= 11 is 0. The fraction of sp³-hybridized carbons (Fsp3) is 0.188. The van der Waals surface area contributed by atoms with Crippen LogP contribution < -0.4 is 9.47 Å². The smallest absolute Gasteiger partial charge is 0.326 e. The van der Waals surface area contributed by atoms with Gasteiger partial charge in [0.1, 0.15) is 12.6 Å². The third-order valence-electron chi connectivity index (χ3n) is 6.49. The van der Waals surface area contributed by atoms with Gasteiger partial charge in [-0.15, -0.1) is 0 Å². The van der Waals surface area contributed by atoms with Crippen LogP contribution in [-0.4, -0.2) is 35.0 Å². The molecule has 38 heavy (non-hydrogen) atoms. The monoisotopic (exact) mass is 514 g/mol. The van der Waals surface area contributed by atoms with Crippen LogP contribution in [0.2, 0.25) is 0 Å². The zero-order valence-electron chi connectivity index (χ0n) is 27.5. The molecule has 1 amide bonds. The van der Waals surface area contributed by atoms with Crippen LogP contribution in [0, 0.1) is 0 Å². The molecule has 0 fully saturated rings. The van der Waals surface area contributed by atoms with Crippen molar-refractivity contribution in [3.63, 3.8) is 0 Å². The first-order valence-corrected chi connectivity index (χ1v) is 12.0. The number of ether oxygens (including phenoxy) is 2. The van der Waals surface area contributed by atoms with E-state index in [4.69, 9.17) is 19.1 Å². The summed E-state index contributed by atoms with van der Waals surface area (Å²) in [4.78, 5) is 28.2.